The molecular weight excluding hydrogens is 458 g/mol. The number of nitrogens with zero attached hydrogens (tertiary/aromatic N) is 1. The van der Waals surface area contributed by atoms with Crippen LogP contribution in [0.1, 0.15) is 31.9 Å². The number of aromatic amines is 1. The molecule has 8 heteroatoms. The van der Waals surface area contributed by atoms with E-state index in [1.807, 2.05) is 60.7 Å². The second-order valence-corrected chi connectivity index (χ2v) is 9.40. The third kappa shape index (κ3) is 6.07. The molecule has 8 nitrogen and oxygen atoms in total. The first-order chi connectivity index (χ1) is 17.2. The van der Waals surface area contributed by atoms with E-state index in [1.54, 1.807) is 14.2 Å². The fourth-order valence-corrected chi connectivity index (χ4v) is 3.67. The Bertz CT molecular complexity index is 1320. The lowest BCUT2D eigenvalue weighted by atomic mass is 9.87. The summed E-state index contributed by atoms with van der Waals surface area (Å²) in [6.07, 6.45) is 0. The molecule has 4 aromatic rings. The minimum atomic E-state index is -0.296. The van der Waals surface area contributed by atoms with E-state index in [0.29, 0.717) is 35.4 Å². The van der Waals surface area contributed by atoms with E-state index in [1.165, 1.54) is 5.56 Å². The first-order valence-corrected chi connectivity index (χ1v) is 11.6. The van der Waals surface area contributed by atoms with Crippen LogP contribution >= 0.6 is 0 Å². The molecule has 0 saturated carbocycles. The smallest absolute Gasteiger partial charge is 0.263 e. The summed E-state index contributed by atoms with van der Waals surface area (Å²) in [6.45, 7) is 6.67. The highest BCUT2D eigenvalue weighted by molar-refractivity contribution is 6.00. The highest BCUT2D eigenvalue weighted by Gasteiger charge is 2.14. The second-order valence-electron chi connectivity index (χ2n) is 9.40. The highest BCUT2D eigenvalue weighted by Crippen LogP contribution is 2.28. The summed E-state index contributed by atoms with van der Waals surface area (Å²) in [4.78, 5) is 12.4. The first kappa shape index (κ1) is 24.9. The Morgan fingerprint density at radius 3 is 2.17 bits per heavy atom. The van der Waals surface area contributed by atoms with Crippen molar-refractivity contribution < 1.29 is 23.7 Å². The lowest BCUT2D eigenvalue weighted by molar-refractivity contribution is -0.118. The zero-order chi connectivity index (χ0) is 25.7. The number of fused-ring (bicyclic) bond motifs is 1. The van der Waals surface area contributed by atoms with Crippen LogP contribution in [0.4, 0.5) is 5.82 Å². The summed E-state index contributed by atoms with van der Waals surface area (Å²) < 4.78 is 22.2. The number of methoxy groups -OCH3 is 2. The molecule has 4 rings (SSSR count). The SMILES string of the molecule is COc1cc(COc2ccc3c(NC(=O)COc4ccc(C(C)(C)C)cc4)n[nH]c3c2)cc(OC)c1. The van der Waals surface area contributed by atoms with Gasteiger partial charge in [-0.1, -0.05) is 32.9 Å². The van der Waals surface area contributed by atoms with E-state index in [-0.39, 0.29) is 17.9 Å². The van der Waals surface area contributed by atoms with Gasteiger partial charge in [-0.2, -0.15) is 5.10 Å². The molecule has 0 aliphatic carbocycles. The van der Waals surface area contributed by atoms with Crippen LogP contribution in [0.2, 0.25) is 0 Å². The zero-order valence-electron chi connectivity index (χ0n) is 21.2. The molecule has 0 radical (unpaired) electrons. The zero-order valence-corrected chi connectivity index (χ0v) is 21.2. The van der Waals surface area contributed by atoms with Crippen LogP contribution < -0.4 is 24.3 Å². The van der Waals surface area contributed by atoms with Crippen LogP contribution in [0.5, 0.6) is 23.0 Å². The van der Waals surface area contributed by atoms with Gasteiger partial charge in [-0.15, -0.1) is 0 Å². The van der Waals surface area contributed by atoms with Gasteiger partial charge >= 0.3 is 0 Å². The number of carbonyl (C=O) groups is 1. The van der Waals surface area contributed by atoms with Crippen LogP contribution in [0.25, 0.3) is 10.9 Å². The minimum Gasteiger partial charge on any atom is -0.497 e. The number of amides is 1. The van der Waals surface area contributed by atoms with Crippen molar-refractivity contribution in [2.75, 3.05) is 26.1 Å². The van der Waals surface area contributed by atoms with Crippen LogP contribution in [0.15, 0.2) is 60.7 Å². The van der Waals surface area contributed by atoms with Crippen LogP contribution in [-0.4, -0.2) is 36.9 Å². The van der Waals surface area contributed by atoms with Crippen molar-refractivity contribution in [3.05, 3.63) is 71.8 Å². The largest absolute Gasteiger partial charge is 0.497 e. The van der Waals surface area contributed by atoms with Crippen LogP contribution in [0, 0.1) is 0 Å². The lowest BCUT2D eigenvalue weighted by Gasteiger charge is -2.19. The van der Waals surface area contributed by atoms with Crippen molar-refractivity contribution >= 4 is 22.6 Å². The molecule has 0 unspecified atom stereocenters. The fraction of sp³-hybridized carbons (Fsp3) is 0.286. The van der Waals surface area contributed by atoms with Gasteiger partial charge in [-0.3, -0.25) is 9.89 Å². The molecule has 0 bridgehead atoms. The quantitative estimate of drug-likeness (QED) is 0.324. The predicted octanol–water partition coefficient (Wildman–Crippen LogP) is 5.47. The van der Waals surface area contributed by atoms with E-state index in [4.69, 9.17) is 18.9 Å². The maximum absolute atomic E-state index is 12.4. The molecule has 3 aromatic carbocycles. The van der Waals surface area contributed by atoms with Gasteiger partial charge in [-0.05, 0) is 52.9 Å². The highest BCUT2D eigenvalue weighted by atomic mass is 16.5. The van der Waals surface area contributed by atoms with Gasteiger partial charge in [0.05, 0.1) is 19.7 Å². The number of hydrogen-bond donors (Lipinski definition) is 2. The Kier molecular flexibility index (Phi) is 7.33. The Morgan fingerprint density at radius 2 is 1.53 bits per heavy atom. The number of H-pyrrole nitrogens is 1. The minimum absolute atomic E-state index is 0.0600. The topological polar surface area (TPSA) is 94.7 Å². The summed E-state index contributed by atoms with van der Waals surface area (Å²) >= 11 is 0. The van der Waals surface area contributed by atoms with Crippen LogP contribution in [-0.2, 0) is 16.8 Å². The van der Waals surface area contributed by atoms with Crippen molar-refractivity contribution in [3.8, 4) is 23.0 Å². The molecule has 1 amide bonds. The van der Waals surface area contributed by atoms with Gasteiger partial charge < -0.3 is 24.3 Å². The average molecular weight is 490 g/mol. The maximum atomic E-state index is 12.4. The first-order valence-electron chi connectivity index (χ1n) is 11.6. The van der Waals surface area contributed by atoms with E-state index in [0.717, 1.165) is 16.5 Å². The lowest BCUT2D eigenvalue weighted by Crippen LogP contribution is -2.20. The van der Waals surface area contributed by atoms with Crippen LogP contribution in [0.3, 0.4) is 0 Å². The normalized spacial score (nSPS) is 11.2. The van der Waals surface area contributed by atoms with Crippen molar-refractivity contribution in [3.63, 3.8) is 0 Å². The second kappa shape index (κ2) is 10.6. The average Bonchev–Trinajstić information content (AvgIpc) is 3.27. The molecule has 2 N–H and O–H groups in total. The molecule has 0 saturated heterocycles. The summed E-state index contributed by atoms with van der Waals surface area (Å²) in [5, 5.41) is 10.7. The van der Waals surface area contributed by atoms with Gasteiger partial charge in [0.15, 0.2) is 12.4 Å². The van der Waals surface area contributed by atoms with Gasteiger partial charge in [0.25, 0.3) is 5.91 Å². The summed E-state index contributed by atoms with van der Waals surface area (Å²) in [7, 11) is 3.22. The summed E-state index contributed by atoms with van der Waals surface area (Å²) in [5.41, 5.74) is 2.92. The van der Waals surface area contributed by atoms with Gasteiger partial charge in [0, 0.05) is 17.5 Å². The molecule has 188 valence electrons. The number of carbonyl (C=O) groups excluding carboxylic acids is 1. The molecule has 1 heterocycles. The standard InChI is InChI=1S/C28H31N3O5/c1-28(2,3)19-6-8-20(9-7-19)36-17-26(32)29-27-24-11-10-21(15-25(24)30-31-27)35-16-18-12-22(33-4)14-23(13-18)34-5/h6-15H,16-17H2,1-5H3,(H2,29,30,31,32). The fourth-order valence-electron chi connectivity index (χ4n) is 3.67. The maximum Gasteiger partial charge on any atom is 0.263 e. The van der Waals surface area contributed by atoms with Crippen molar-refractivity contribution in [1.29, 1.82) is 0 Å². The number of nitrogens with one attached hydrogen (secondary N) is 2. The molecule has 0 fully saturated rings. The Hall–Kier alpha value is -4.20. The number of hydrogen-bond acceptors (Lipinski definition) is 6. The Balaban J connectivity index is 1.35. The predicted molar refractivity (Wildman–Crippen MR) is 139 cm³/mol. The molecular formula is C28H31N3O5. The van der Waals surface area contributed by atoms with Crippen molar-refractivity contribution in [2.24, 2.45) is 0 Å². The Morgan fingerprint density at radius 1 is 0.861 bits per heavy atom. The van der Waals surface area contributed by atoms with Crippen molar-refractivity contribution in [2.45, 2.75) is 32.8 Å². The number of ether oxygens (including phenoxy) is 4. The van der Waals surface area contributed by atoms with Gasteiger partial charge in [0.2, 0.25) is 0 Å². The molecule has 1 aromatic heterocycles. The van der Waals surface area contributed by atoms with Gasteiger partial charge in [-0.25, -0.2) is 0 Å². The summed E-state index contributed by atoms with van der Waals surface area (Å²) in [5.74, 6) is 2.83. The number of aromatic nitrogens is 2. The molecule has 0 spiro atoms. The number of rotatable bonds is 9. The van der Waals surface area contributed by atoms with Crippen molar-refractivity contribution in [1.82, 2.24) is 10.2 Å². The molecule has 0 aliphatic rings. The monoisotopic (exact) mass is 489 g/mol. The van der Waals surface area contributed by atoms with E-state index >= 15 is 0 Å². The van der Waals surface area contributed by atoms with E-state index in [9.17, 15) is 4.79 Å². The van der Waals surface area contributed by atoms with E-state index in [2.05, 4.69) is 36.3 Å². The van der Waals surface area contributed by atoms with E-state index < -0.39 is 0 Å². The Labute approximate surface area is 210 Å². The number of benzene rings is 3. The third-order valence-corrected chi connectivity index (χ3v) is 5.70. The molecule has 36 heavy (non-hydrogen) atoms. The number of anilines is 1. The molecule has 0 aliphatic heterocycles. The third-order valence-electron chi connectivity index (χ3n) is 5.70. The summed E-state index contributed by atoms with van der Waals surface area (Å²) in [6, 6.07) is 18.9. The molecule has 0 atom stereocenters. The van der Waals surface area contributed by atoms with Gasteiger partial charge in [0.1, 0.15) is 29.6 Å².